The van der Waals surface area contributed by atoms with E-state index in [1.807, 2.05) is 77.7 Å². The summed E-state index contributed by atoms with van der Waals surface area (Å²) in [6, 6.07) is 48.3. The number of carbonyl (C=O) groups is 1. The molecule has 0 spiro atoms. The Bertz CT molecular complexity index is 1480. The van der Waals surface area contributed by atoms with Gasteiger partial charge in [-0.15, -0.1) is 0 Å². The van der Waals surface area contributed by atoms with E-state index in [0.717, 1.165) is 33.5 Å². The van der Waals surface area contributed by atoms with Crippen molar-refractivity contribution in [3.8, 4) is 0 Å². The predicted molar refractivity (Wildman–Crippen MR) is 156 cm³/mol. The van der Waals surface area contributed by atoms with Crippen molar-refractivity contribution < 1.29 is 4.79 Å². The summed E-state index contributed by atoms with van der Waals surface area (Å²) in [5, 5.41) is 0.639. The van der Waals surface area contributed by atoms with Gasteiger partial charge >= 0.3 is 0 Å². The average molecular weight is 512 g/mol. The molecule has 1 aliphatic rings. The third-order valence-corrected chi connectivity index (χ3v) is 7.59. The second-order valence-corrected chi connectivity index (χ2v) is 9.89. The summed E-state index contributed by atoms with van der Waals surface area (Å²) in [5.74, 6) is 0.0407. The molecule has 0 N–H and O–H groups in total. The van der Waals surface area contributed by atoms with E-state index in [1.54, 1.807) is 0 Å². The molecule has 0 bridgehead atoms. The van der Waals surface area contributed by atoms with Crippen molar-refractivity contribution in [2.75, 3.05) is 4.90 Å². The van der Waals surface area contributed by atoms with Crippen LogP contribution in [0.3, 0.4) is 0 Å². The lowest BCUT2D eigenvalue weighted by Gasteiger charge is -2.56. The summed E-state index contributed by atoms with van der Waals surface area (Å²) < 4.78 is 0. The highest BCUT2D eigenvalue weighted by Gasteiger charge is 2.62. The molecular weight excluding hydrogens is 486 g/mol. The number of halogens is 1. The maximum atomic E-state index is 14.5. The number of amides is 1. The Morgan fingerprint density at radius 3 is 1.47 bits per heavy atom. The zero-order valence-electron chi connectivity index (χ0n) is 20.7. The van der Waals surface area contributed by atoms with Gasteiger partial charge in [-0.05, 0) is 52.1 Å². The first-order valence-corrected chi connectivity index (χ1v) is 13.1. The minimum Gasteiger partial charge on any atom is -0.303 e. The van der Waals surface area contributed by atoms with Gasteiger partial charge in [0.15, 0.2) is 0 Å². The fourth-order valence-electron chi connectivity index (χ4n) is 5.56. The number of hydrogen-bond acceptors (Lipinski definition) is 1. The van der Waals surface area contributed by atoms with Crippen molar-refractivity contribution in [2.24, 2.45) is 0 Å². The lowest BCUT2D eigenvalue weighted by atomic mass is 9.61. The van der Waals surface area contributed by atoms with Crippen molar-refractivity contribution in [2.45, 2.75) is 11.5 Å². The first-order chi connectivity index (χ1) is 18.7. The normalized spacial score (nSPS) is 16.0. The maximum absolute atomic E-state index is 14.5. The molecule has 38 heavy (non-hydrogen) atoms. The minimum atomic E-state index is -0.878. The summed E-state index contributed by atoms with van der Waals surface area (Å²) in [7, 11) is 0. The molecule has 1 saturated heterocycles. The monoisotopic (exact) mass is 511 g/mol. The van der Waals surface area contributed by atoms with E-state index in [4.69, 9.17) is 11.6 Å². The molecule has 184 valence electrons. The van der Waals surface area contributed by atoms with Gasteiger partial charge in [-0.3, -0.25) is 4.79 Å². The highest BCUT2D eigenvalue weighted by Crippen LogP contribution is 2.51. The Labute approximate surface area is 228 Å². The standard InChI is InChI=1S/C35H26ClNO/c36-30-21-23-31(24-22-30)37-33(25-32(26-13-5-1-6-14-26)27-15-7-2-8-16-27)35(34(37)38,28-17-9-3-10-18-28)29-19-11-4-12-20-29/h1-25,33H/t33-/m0/s1. The smallest absolute Gasteiger partial charge is 0.245 e. The van der Waals surface area contributed by atoms with Crippen LogP contribution in [0.1, 0.15) is 22.3 Å². The Kier molecular flexibility index (Phi) is 6.41. The molecule has 0 unspecified atom stereocenters. The molecule has 6 rings (SSSR count). The quantitative estimate of drug-likeness (QED) is 0.210. The number of β-lactam (4-membered cyclic amide) rings is 1. The van der Waals surface area contributed by atoms with Crippen LogP contribution in [-0.4, -0.2) is 11.9 Å². The van der Waals surface area contributed by atoms with Gasteiger partial charge in [0.2, 0.25) is 5.91 Å². The van der Waals surface area contributed by atoms with Gasteiger partial charge in [0.1, 0.15) is 5.41 Å². The van der Waals surface area contributed by atoms with Crippen LogP contribution < -0.4 is 4.90 Å². The van der Waals surface area contributed by atoms with E-state index in [0.29, 0.717) is 5.02 Å². The van der Waals surface area contributed by atoms with Gasteiger partial charge in [-0.2, -0.15) is 0 Å². The molecule has 2 nitrogen and oxygen atoms in total. The number of benzene rings is 5. The molecule has 1 fully saturated rings. The van der Waals surface area contributed by atoms with Crippen molar-refractivity contribution >= 4 is 28.8 Å². The van der Waals surface area contributed by atoms with Crippen LogP contribution in [0.15, 0.2) is 152 Å². The van der Waals surface area contributed by atoms with Crippen molar-refractivity contribution in [3.05, 3.63) is 179 Å². The van der Waals surface area contributed by atoms with Crippen LogP contribution in [0.5, 0.6) is 0 Å². The molecule has 1 heterocycles. The lowest BCUT2D eigenvalue weighted by Crippen LogP contribution is -2.72. The van der Waals surface area contributed by atoms with E-state index >= 15 is 0 Å². The molecular formula is C35H26ClNO. The Morgan fingerprint density at radius 1 is 0.605 bits per heavy atom. The number of anilines is 1. The Morgan fingerprint density at radius 2 is 1.03 bits per heavy atom. The molecule has 0 saturated carbocycles. The van der Waals surface area contributed by atoms with Crippen LogP contribution in [0.25, 0.3) is 5.57 Å². The minimum absolute atomic E-state index is 0.0407. The first kappa shape index (κ1) is 24.0. The Hall–Kier alpha value is -4.40. The Balaban J connectivity index is 1.63. The second kappa shape index (κ2) is 10.2. The third kappa shape index (κ3) is 4.04. The van der Waals surface area contributed by atoms with Crippen LogP contribution in [0.4, 0.5) is 5.69 Å². The van der Waals surface area contributed by atoms with Crippen LogP contribution in [0, 0.1) is 0 Å². The fraction of sp³-hybridized carbons (Fsp3) is 0.0571. The summed E-state index contributed by atoms with van der Waals surface area (Å²) in [5.41, 5.74) is 5.18. The summed E-state index contributed by atoms with van der Waals surface area (Å²) in [6.45, 7) is 0. The van der Waals surface area contributed by atoms with Crippen molar-refractivity contribution in [1.29, 1.82) is 0 Å². The molecule has 1 amide bonds. The second-order valence-electron chi connectivity index (χ2n) is 9.45. The van der Waals surface area contributed by atoms with E-state index in [9.17, 15) is 4.79 Å². The number of hydrogen-bond donors (Lipinski definition) is 0. The highest BCUT2D eigenvalue weighted by molar-refractivity contribution is 6.30. The predicted octanol–water partition coefficient (Wildman–Crippen LogP) is 8.17. The van der Waals surface area contributed by atoms with Gasteiger partial charge in [0, 0.05) is 10.7 Å². The molecule has 5 aromatic carbocycles. The van der Waals surface area contributed by atoms with Gasteiger partial charge in [0.05, 0.1) is 6.04 Å². The SMILES string of the molecule is O=C1N(c2ccc(Cl)cc2)[C@@H](C=C(c2ccccc2)c2ccccc2)C1(c1ccccc1)c1ccccc1. The number of rotatable bonds is 6. The third-order valence-electron chi connectivity index (χ3n) is 7.34. The molecule has 0 aromatic heterocycles. The van der Waals surface area contributed by atoms with Crippen LogP contribution in [-0.2, 0) is 10.2 Å². The highest BCUT2D eigenvalue weighted by atomic mass is 35.5. The van der Waals surface area contributed by atoms with E-state index < -0.39 is 5.41 Å². The molecule has 1 atom stereocenters. The average Bonchev–Trinajstić information content (AvgIpc) is 2.98. The van der Waals surface area contributed by atoms with Crippen LogP contribution in [0.2, 0.25) is 5.02 Å². The van der Waals surface area contributed by atoms with Crippen LogP contribution >= 0.6 is 11.6 Å². The van der Waals surface area contributed by atoms with Gasteiger partial charge < -0.3 is 4.90 Å². The summed E-state index contributed by atoms with van der Waals surface area (Å²) in [4.78, 5) is 16.4. The van der Waals surface area contributed by atoms with E-state index in [1.165, 1.54) is 0 Å². The topological polar surface area (TPSA) is 20.3 Å². The molecule has 5 aromatic rings. The van der Waals surface area contributed by atoms with Crippen molar-refractivity contribution in [3.63, 3.8) is 0 Å². The molecule has 0 aliphatic carbocycles. The van der Waals surface area contributed by atoms with E-state index in [2.05, 4.69) is 78.9 Å². The van der Waals surface area contributed by atoms with E-state index in [-0.39, 0.29) is 11.9 Å². The molecule has 1 aliphatic heterocycles. The van der Waals surface area contributed by atoms with Crippen molar-refractivity contribution in [1.82, 2.24) is 0 Å². The van der Waals surface area contributed by atoms with Gasteiger partial charge in [0.25, 0.3) is 0 Å². The fourth-order valence-corrected chi connectivity index (χ4v) is 5.69. The van der Waals surface area contributed by atoms with Gasteiger partial charge in [-0.25, -0.2) is 0 Å². The zero-order chi connectivity index (χ0) is 26.0. The number of nitrogens with zero attached hydrogens (tertiary/aromatic N) is 1. The summed E-state index contributed by atoms with van der Waals surface area (Å²) in [6.07, 6.45) is 2.26. The van der Waals surface area contributed by atoms with Gasteiger partial charge in [-0.1, -0.05) is 139 Å². The molecule has 0 radical (unpaired) electrons. The largest absolute Gasteiger partial charge is 0.303 e. The number of carbonyl (C=O) groups excluding carboxylic acids is 1. The first-order valence-electron chi connectivity index (χ1n) is 12.7. The molecule has 3 heteroatoms. The maximum Gasteiger partial charge on any atom is 0.245 e. The zero-order valence-corrected chi connectivity index (χ0v) is 21.5. The lowest BCUT2D eigenvalue weighted by molar-refractivity contribution is -0.129. The summed E-state index contributed by atoms with van der Waals surface area (Å²) >= 11 is 6.23.